The Hall–Kier alpha value is -2.73. The highest BCUT2D eigenvalue weighted by molar-refractivity contribution is 7.16. The second-order valence-corrected chi connectivity index (χ2v) is 5.82. The molecule has 4 rings (SSSR count). The lowest BCUT2D eigenvalue weighted by molar-refractivity contribution is 0.0735. The van der Waals surface area contributed by atoms with Crippen LogP contribution in [0.25, 0.3) is 21.3 Å². The van der Waals surface area contributed by atoms with E-state index in [2.05, 4.69) is 9.97 Å². The molecule has 0 aliphatic heterocycles. The summed E-state index contributed by atoms with van der Waals surface area (Å²) in [7, 11) is 1.92. The lowest BCUT2D eigenvalue weighted by atomic mass is 10.2. The molecule has 0 bridgehead atoms. The predicted octanol–water partition coefficient (Wildman–Crippen LogP) is 3.40. The van der Waals surface area contributed by atoms with Gasteiger partial charge in [-0.05, 0) is 30.3 Å². The maximum Gasteiger partial charge on any atom is 0.343 e. The van der Waals surface area contributed by atoms with Crippen molar-refractivity contribution >= 4 is 38.6 Å². The molecular weight excluding hydrogens is 298 g/mol. The Balaban J connectivity index is 1.64. The summed E-state index contributed by atoms with van der Waals surface area (Å²) in [6, 6.07) is 10.8. The maximum atomic E-state index is 12.3. The molecule has 0 atom stereocenters. The normalized spacial score (nSPS) is 11.1. The quantitative estimate of drug-likeness (QED) is 0.420. The summed E-state index contributed by atoms with van der Waals surface area (Å²) >= 11 is 1.50. The van der Waals surface area contributed by atoms with Crippen LogP contribution in [0.3, 0.4) is 0 Å². The number of rotatable bonds is 2. The van der Waals surface area contributed by atoms with E-state index < -0.39 is 0 Å². The van der Waals surface area contributed by atoms with E-state index >= 15 is 0 Å². The standard InChI is InChI=1S/C16H11N3O2S/c1-19-8-17-13-7-11(3-5-14(13)19)21-16(20)10-2-4-12-15(6-10)22-9-18-12/h2-9H,1H3. The number of aryl methyl sites for hydroxylation is 1. The van der Waals surface area contributed by atoms with E-state index in [0.29, 0.717) is 11.3 Å². The van der Waals surface area contributed by atoms with Crippen LogP contribution in [0, 0.1) is 0 Å². The topological polar surface area (TPSA) is 57.0 Å². The SMILES string of the molecule is Cn1cnc2cc(OC(=O)c3ccc4ncsc4c3)ccc21. The zero-order chi connectivity index (χ0) is 15.1. The van der Waals surface area contributed by atoms with Crippen LogP contribution >= 0.6 is 11.3 Å². The summed E-state index contributed by atoms with van der Waals surface area (Å²) in [5.74, 6) is 0.103. The third-order valence-electron chi connectivity index (χ3n) is 3.47. The van der Waals surface area contributed by atoms with Gasteiger partial charge in [0.15, 0.2) is 0 Å². The highest BCUT2D eigenvalue weighted by Gasteiger charge is 2.11. The molecule has 0 saturated carbocycles. The van der Waals surface area contributed by atoms with Gasteiger partial charge in [0.05, 0.1) is 38.7 Å². The fourth-order valence-electron chi connectivity index (χ4n) is 2.33. The number of ether oxygens (including phenoxy) is 1. The number of nitrogens with zero attached hydrogens (tertiary/aromatic N) is 3. The largest absolute Gasteiger partial charge is 0.423 e. The molecule has 0 spiro atoms. The lowest BCUT2D eigenvalue weighted by Crippen LogP contribution is -2.08. The van der Waals surface area contributed by atoms with E-state index in [1.165, 1.54) is 11.3 Å². The van der Waals surface area contributed by atoms with Gasteiger partial charge in [0.25, 0.3) is 0 Å². The van der Waals surface area contributed by atoms with Crippen molar-refractivity contribution < 1.29 is 9.53 Å². The number of benzene rings is 2. The van der Waals surface area contributed by atoms with Gasteiger partial charge in [-0.2, -0.15) is 0 Å². The summed E-state index contributed by atoms with van der Waals surface area (Å²) in [6.45, 7) is 0. The van der Waals surface area contributed by atoms with Crippen LogP contribution in [0.2, 0.25) is 0 Å². The van der Waals surface area contributed by atoms with E-state index in [9.17, 15) is 4.79 Å². The first-order valence-electron chi connectivity index (χ1n) is 6.67. The van der Waals surface area contributed by atoms with E-state index in [1.54, 1.807) is 36.1 Å². The molecule has 108 valence electrons. The van der Waals surface area contributed by atoms with Gasteiger partial charge in [0, 0.05) is 13.1 Å². The Kier molecular flexibility index (Phi) is 2.90. The minimum atomic E-state index is -0.384. The molecule has 6 heteroatoms. The van der Waals surface area contributed by atoms with Crippen LogP contribution < -0.4 is 4.74 Å². The summed E-state index contributed by atoms with van der Waals surface area (Å²) in [6.07, 6.45) is 1.73. The van der Waals surface area contributed by atoms with Crippen LogP contribution in [0.15, 0.2) is 48.2 Å². The third-order valence-corrected chi connectivity index (χ3v) is 4.27. The first-order chi connectivity index (χ1) is 10.7. The highest BCUT2D eigenvalue weighted by atomic mass is 32.1. The number of fused-ring (bicyclic) bond motifs is 2. The number of carbonyl (C=O) groups is 1. The number of aromatic nitrogens is 3. The van der Waals surface area contributed by atoms with Crippen molar-refractivity contribution in [1.82, 2.24) is 14.5 Å². The summed E-state index contributed by atoms with van der Waals surface area (Å²) in [4.78, 5) is 20.7. The van der Waals surface area contributed by atoms with Crippen molar-refractivity contribution in [3.8, 4) is 5.75 Å². The van der Waals surface area contributed by atoms with Crippen molar-refractivity contribution in [2.45, 2.75) is 0 Å². The fourth-order valence-corrected chi connectivity index (χ4v) is 3.04. The second kappa shape index (κ2) is 4.92. The Morgan fingerprint density at radius 3 is 2.95 bits per heavy atom. The number of esters is 1. The number of thiazole rings is 1. The molecule has 2 aromatic carbocycles. The summed E-state index contributed by atoms with van der Waals surface area (Å²) in [5, 5.41) is 0. The van der Waals surface area contributed by atoms with Gasteiger partial charge in [0.1, 0.15) is 5.75 Å². The predicted molar refractivity (Wildman–Crippen MR) is 85.3 cm³/mol. The first-order valence-corrected chi connectivity index (χ1v) is 7.55. The number of hydrogen-bond acceptors (Lipinski definition) is 5. The molecule has 2 heterocycles. The second-order valence-electron chi connectivity index (χ2n) is 4.93. The van der Waals surface area contributed by atoms with Crippen molar-refractivity contribution in [3.63, 3.8) is 0 Å². The zero-order valence-corrected chi connectivity index (χ0v) is 12.5. The van der Waals surface area contributed by atoms with E-state index in [0.717, 1.165) is 21.3 Å². The highest BCUT2D eigenvalue weighted by Crippen LogP contribution is 2.22. The van der Waals surface area contributed by atoms with Gasteiger partial charge in [-0.15, -0.1) is 11.3 Å². The van der Waals surface area contributed by atoms with Gasteiger partial charge >= 0.3 is 5.97 Å². The monoisotopic (exact) mass is 309 g/mol. The van der Waals surface area contributed by atoms with Gasteiger partial charge in [0.2, 0.25) is 0 Å². The number of carbonyl (C=O) groups excluding carboxylic acids is 1. The zero-order valence-electron chi connectivity index (χ0n) is 11.7. The average Bonchev–Trinajstić information content (AvgIpc) is 3.13. The van der Waals surface area contributed by atoms with Crippen LogP contribution in [0.4, 0.5) is 0 Å². The maximum absolute atomic E-state index is 12.3. The molecule has 0 radical (unpaired) electrons. The Morgan fingerprint density at radius 1 is 1.14 bits per heavy atom. The van der Waals surface area contributed by atoms with E-state index in [-0.39, 0.29) is 5.97 Å². The third kappa shape index (κ3) is 2.14. The van der Waals surface area contributed by atoms with Crippen molar-refractivity contribution in [2.75, 3.05) is 0 Å². The molecule has 0 aliphatic carbocycles. The minimum absolute atomic E-state index is 0.384. The van der Waals surface area contributed by atoms with Crippen LogP contribution in [0.1, 0.15) is 10.4 Å². The van der Waals surface area contributed by atoms with Gasteiger partial charge in [-0.1, -0.05) is 0 Å². The molecule has 0 saturated heterocycles. The minimum Gasteiger partial charge on any atom is -0.423 e. The van der Waals surface area contributed by atoms with Gasteiger partial charge < -0.3 is 9.30 Å². The Bertz CT molecular complexity index is 1000. The molecular formula is C16H11N3O2S. The Labute approximate surface area is 129 Å². The average molecular weight is 309 g/mol. The van der Waals surface area contributed by atoms with Crippen molar-refractivity contribution in [1.29, 1.82) is 0 Å². The molecule has 22 heavy (non-hydrogen) atoms. The molecule has 0 N–H and O–H groups in total. The number of hydrogen-bond donors (Lipinski definition) is 0. The molecule has 0 unspecified atom stereocenters. The van der Waals surface area contributed by atoms with E-state index in [4.69, 9.17) is 4.74 Å². The molecule has 5 nitrogen and oxygen atoms in total. The van der Waals surface area contributed by atoms with Crippen LogP contribution in [-0.2, 0) is 7.05 Å². The Morgan fingerprint density at radius 2 is 2.05 bits per heavy atom. The molecule has 0 aliphatic rings. The van der Waals surface area contributed by atoms with Crippen molar-refractivity contribution in [2.24, 2.45) is 7.05 Å². The molecule has 0 amide bonds. The molecule has 2 aromatic heterocycles. The van der Waals surface area contributed by atoms with E-state index in [1.807, 2.05) is 23.7 Å². The lowest BCUT2D eigenvalue weighted by Gasteiger charge is -2.04. The smallest absolute Gasteiger partial charge is 0.343 e. The van der Waals surface area contributed by atoms with Gasteiger partial charge in [-0.3, -0.25) is 0 Å². The molecule has 0 fully saturated rings. The number of imidazole rings is 1. The first kappa shape index (κ1) is 13.0. The molecule has 4 aromatic rings. The summed E-state index contributed by atoms with van der Waals surface area (Å²) < 4.78 is 8.32. The van der Waals surface area contributed by atoms with Crippen LogP contribution in [-0.4, -0.2) is 20.5 Å². The fraction of sp³-hybridized carbons (Fsp3) is 0.0625. The van der Waals surface area contributed by atoms with Crippen molar-refractivity contribution in [3.05, 3.63) is 53.8 Å². The van der Waals surface area contributed by atoms with Crippen LogP contribution in [0.5, 0.6) is 5.75 Å². The van der Waals surface area contributed by atoms with Gasteiger partial charge in [-0.25, -0.2) is 14.8 Å². The summed E-state index contributed by atoms with van der Waals surface area (Å²) in [5.41, 5.74) is 4.94.